The maximum absolute atomic E-state index is 12.4. The molecule has 1 aromatic rings. The minimum Gasteiger partial charge on any atom is -0.548 e. The van der Waals surface area contributed by atoms with Crippen molar-refractivity contribution in [3.63, 3.8) is 0 Å². The van der Waals surface area contributed by atoms with Crippen LogP contribution in [0.4, 0.5) is 4.79 Å². The van der Waals surface area contributed by atoms with E-state index >= 15 is 0 Å². The molecule has 0 aliphatic heterocycles. The molecule has 0 aliphatic carbocycles. The molecule has 2 N–H and O–H groups in total. The number of hydrogen-bond donors (Lipinski definition) is 2. The van der Waals surface area contributed by atoms with Crippen LogP contribution >= 0.6 is 0 Å². The number of aliphatic carboxylic acids is 1. The first-order valence-corrected chi connectivity index (χ1v) is 8.69. The van der Waals surface area contributed by atoms with Gasteiger partial charge in [0, 0.05) is 0 Å². The summed E-state index contributed by atoms with van der Waals surface area (Å²) in [6.45, 7) is 7.21. The summed E-state index contributed by atoms with van der Waals surface area (Å²) in [5.41, 5.74) is 0.823. The molecule has 144 valence electrons. The average molecular weight is 363 g/mol. The highest BCUT2D eigenvalue weighted by Crippen LogP contribution is 2.08. The summed E-state index contributed by atoms with van der Waals surface area (Å²) >= 11 is 0. The van der Waals surface area contributed by atoms with Gasteiger partial charge in [-0.15, -0.1) is 0 Å². The summed E-state index contributed by atoms with van der Waals surface area (Å²) < 4.78 is 5.13. The van der Waals surface area contributed by atoms with Crippen LogP contribution in [0.15, 0.2) is 30.3 Å². The van der Waals surface area contributed by atoms with Crippen molar-refractivity contribution in [3.05, 3.63) is 35.9 Å². The molecule has 1 aromatic carbocycles. The van der Waals surface area contributed by atoms with Gasteiger partial charge in [0.15, 0.2) is 0 Å². The smallest absolute Gasteiger partial charge is 0.408 e. The molecule has 0 unspecified atom stereocenters. The third-order valence-electron chi connectivity index (χ3n) is 3.75. The Labute approximate surface area is 154 Å². The number of carboxylic acid groups (broad SMARTS) is 1. The second-order valence-corrected chi connectivity index (χ2v) is 6.94. The van der Waals surface area contributed by atoms with Crippen molar-refractivity contribution >= 4 is 18.0 Å². The van der Waals surface area contributed by atoms with E-state index in [1.54, 1.807) is 13.8 Å². The van der Waals surface area contributed by atoms with Crippen LogP contribution in [-0.4, -0.2) is 30.1 Å². The van der Waals surface area contributed by atoms with E-state index in [2.05, 4.69) is 10.6 Å². The topological polar surface area (TPSA) is 108 Å². The van der Waals surface area contributed by atoms with E-state index in [-0.39, 0.29) is 18.4 Å². The van der Waals surface area contributed by atoms with Gasteiger partial charge in [-0.3, -0.25) is 4.79 Å². The zero-order valence-electron chi connectivity index (χ0n) is 15.7. The number of nitrogens with one attached hydrogen (secondary N) is 2. The van der Waals surface area contributed by atoms with E-state index in [0.717, 1.165) is 5.56 Å². The highest BCUT2D eigenvalue weighted by atomic mass is 16.5. The molecule has 0 heterocycles. The molecule has 0 aromatic heterocycles. The predicted octanol–water partition coefficient (Wildman–Crippen LogP) is 1.22. The first-order chi connectivity index (χ1) is 12.2. The Hall–Kier alpha value is -2.57. The van der Waals surface area contributed by atoms with Gasteiger partial charge in [-0.2, -0.15) is 0 Å². The summed E-state index contributed by atoms with van der Waals surface area (Å²) in [4.78, 5) is 35.6. The van der Waals surface area contributed by atoms with Crippen molar-refractivity contribution < 1.29 is 24.2 Å². The van der Waals surface area contributed by atoms with Crippen molar-refractivity contribution in [1.29, 1.82) is 0 Å². The average Bonchev–Trinajstić information content (AvgIpc) is 2.57. The second-order valence-electron chi connectivity index (χ2n) is 6.94. The number of hydrogen-bond acceptors (Lipinski definition) is 5. The predicted molar refractivity (Wildman–Crippen MR) is 94.8 cm³/mol. The lowest BCUT2D eigenvalue weighted by Gasteiger charge is -2.27. The Morgan fingerprint density at radius 1 is 1.04 bits per heavy atom. The molecule has 0 radical (unpaired) electrons. The van der Waals surface area contributed by atoms with E-state index in [9.17, 15) is 19.5 Å². The zero-order chi connectivity index (χ0) is 19.7. The van der Waals surface area contributed by atoms with E-state index < -0.39 is 30.1 Å². The number of carbonyl (C=O) groups is 3. The molecule has 26 heavy (non-hydrogen) atoms. The van der Waals surface area contributed by atoms with Crippen LogP contribution in [0.5, 0.6) is 0 Å². The van der Waals surface area contributed by atoms with Crippen LogP contribution in [-0.2, 0) is 20.9 Å². The molecular formula is C19H27N2O5-. The summed E-state index contributed by atoms with van der Waals surface area (Å²) in [6, 6.07) is 7.14. The van der Waals surface area contributed by atoms with Crippen molar-refractivity contribution in [2.75, 3.05) is 0 Å². The minimum absolute atomic E-state index is 0.0797. The lowest BCUT2D eigenvalue weighted by atomic mass is 10.0. The molecule has 2 amide bonds. The standard InChI is InChI=1S/C19H28N2O5/c1-12(2)10-15(17(22)21-16(13(3)4)18(23)24)20-19(25)26-11-14-8-6-5-7-9-14/h5-9,12-13,15-16H,10-11H2,1-4H3,(H,20,25)(H,21,22)(H,23,24)/p-1/t15-,16-/m0/s1. The van der Waals surface area contributed by atoms with Crippen molar-refractivity contribution in [2.45, 2.75) is 52.8 Å². The lowest BCUT2D eigenvalue weighted by molar-refractivity contribution is -0.309. The second kappa shape index (κ2) is 10.4. The van der Waals surface area contributed by atoms with Gasteiger partial charge in [-0.25, -0.2) is 4.79 Å². The van der Waals surface area contributed by atoms with Crippen molar-refractivity contribution in [2.24, 2.45) is 11.8 Å². The largest absolute Gasteiger partial charge is 0.548 e. The molecule has 1 rings (SSSR count). The van der Waals surface area contributed by atoms with Crippen LogP contribution < -0.4 is 15.7 Å². The zero-order valence-corrected chi connectivity index (χ0v) is 15.7. The van der Waals surface area contributed by atoms with Crippen LogP contribution in [0, 0.1) is 11.8 Å². The first kappa shape index (κ1) is 21.5. The van der Waals surface area contributed by atoms with Crippen LogP contribution in [0.3, 0.4) is 0 Å². The molecule has 0 aliphatic rings. The Morgan fingerprint density at radius 2 is 1.65 bits per heavy atom. The van der Waals surface area contributed by atoms with Gasteiger partial charge in [0.05, 0.1) is 12.0 Å². The van der Waals surface area contributed by atoms with E-state index in [1.165, 1.54) is 0 Å². The Bertz CT molecular complexity index is 601. The summed E-state index contributed by atoms with van der Waals surface area (Å²) in [7, 11) is 0. The number of rotatable bonds is 9. The van der Waals surface area contributed by atoms with E-state index in [0.29, 0.717) is 6.42 Å². The third kappa shape index (κ3) is 7.55. The number of carboxylic acids is 1. The number of carbonyl (C=O) groups excluding carboxylic acids is 3. The molecule has 0 bridgehead atoms. The Kier molecular flexibility index (Phi) is 8.61. The molecule has 7 nitrogen and oxygen atoms in total. The fraction of sp³-hybridized carbons (Fsp3) is 0.526. The quantitative estimate of drug-likeness (QED) is 0.686. The maximum Gasteiger partial charge on any atom is 0.408 e. The van der Waals surface area contributed by atoms with E-state index in [4.69, 9.17) is 4.74 Å². The molecule has 0 spiro atoms. The highest BCUT2D eigenvalue weighted by Gasteiger charge is 2.26. The van der Waals surface area contributed by atoms with Gasteiger partial charge >= 0.3 is 6.09 Å². The van der Waals surface area contributed by atoms with Gasteiger partial charge < -0.3 is 25.3 Å². The SMILES string of the molecule is CC(C)C[C@H](NC(=O)OCc1ccccc1)C(=O)N[C@H](C(=O)[O-])C(C)C. The molecule has 0 saturated carbocycles. The Morgan fingerprint density at radius 3 is 2.15 bits per heavy atom. The summed E-state index contributed by atoms with van der Waals surface area (Å²) in [5, 5.41) is 16.1. The van der Waals surface area contributed by atoms with Crippen LogP contribution in [0.2, 0.25) is 0 Å². The molecular weight excluding hydrogens is 336 g/mol. The summed E-state index contributed by atoms with van der Waals surface area (Å²) in [5.74, 6) is -2.16. The fourth-order valence-electron chi connectivity index (χ4n) is 2.36. The highest BCUT2D eigenvalue weighted by molar-refractivity contribution is 5.88. The van der Waals surface area contributed by atoms with Crippen molar-refractivity contribution in [1.82, 2.24) is 10.6 Å². The maximum atomic E-state index is 12.4. The normalized spacial score (nSPS) is 13.2. The van der Waals surface area contributed by atoms with Gasteiger partial charge in [-0.1, -0.05) is 58.0 Å². The monoisotopic (exact) mass is 363 g/mol. The minimum atomic E-state index is -1.36. The Balaban J connectivity index is 2.68. The first-order valence-electron chi connectivity index (χ1n) is 8.69. The molecule has 0 saturated heterocycles. The third-order valence-corrected chi connectivity index (χ3v) is 3.75. The van der Waals surface area contributed by atoms with Gasteiger partial charge in [0.2, 0.25) is 5.91 Å². The molecule has 2 atom stereocenters. The number of benzene rings is 1. The van der Waals surface area contributed by atoms with Crippen LogP contribution in [0.1, 0.15) is 39.7 Å². The van der Waals surface area contributed by atoms with E-state index in [1.807, 2.05) is 44.2 Å². The van der Waals surface area contributed by atoms with Crippen molar-refractivity contribution in [3.8, 4) is 0 Å². The number of ether oxygens (including phenoxy) is 1. The lowest BCUT2D eigenvalue weighted by Crippen LogP contribution is -2.56. The van der Waals surface area contributed by atoms with Gasteiger partial charge in [-0.05, 0) is 23.8 Å². The number of alkyl carbamates (subject to hydrolysis) is 1. The molecule has 0 fully saturated rings. The molecule has 7 heteroatoms. The van der Waals surface area contributed by atoms with Gasteiger partial charge in [0.1, 0.15) is 12.6 Å². The van der Waals surface area contributed by atoms with Gasteiger partial charge in [0.25, 0.3) is 0 Å². The fourth-order valence-corrected chi connectivity index (χ4v) is 2.36. The number of amides is 2. The summed E-state index contributed by atoms with van der Waals surface area (Å²) in [6.07, 6.45) is -0.381. The van der Waals surface area contributed by atoms with Crippen LogP contribution in [0.25, 0.3) is 0 Å².